The molecule has 0 fully saturated rings. The Morgan fingerprint density at radius 2 is 1.95 bits per heavy atom. The summed E-state index contributed by atoms with van der Waals surface area (Å²) in [5.41, 5.74) is 6.03. The van der Waals surface area contributed by atoms with E-state index in [0.29, 0.717) is 16.3 Å². The molecule has 2 aromatic carbocycles. The van der Waals surface area contributed by atoms with Crippen LogP contribution in [0.3, 0.4) is 0 Å². The summed E-state index contributed by atoms with van der Waals surface area (Å²) in [6.07, 6.45) is 0.190. The highest BCUT2D eigenvalue weighted by atomic mass is 32.2. The van der Waals surface area contributed by atoms with Crippen LogP contribution in [0.5, 0.6) is 0 Å². The van der Waals surface area contributed by atoms with Crippen LogP contribution in [0.15, 0.2) is 47.4 Å². The minimum atomic E-state index is -0.476. The second-order valence-corrected chi connectivity index (χ2v) is 5.52. The summed E-state index contributed by atoms with van der Waals surface area (Å²) in [6, 6.07) is 10.2. The summed E-state index contributed by atoms with van der Waals surface area (Å²) in [5.74, 6) is -0.731. The Morgan fingerprint density at radius 1 is 1.19 bits per heavy atom. The first-order valence-electron chi connectivity index (χ1n) is 6.28. The number of anilines is 2. The number of nitrogens with one attached hydrogen (secondary N) is 1. The number of amides is 1. The third kappa shape index (κ3) is 4.75. The minimum absolute atomic E-state index is 0.155. The maximum absolute atomic E-state index is 13.4. The van der Waals surface area contributed by atoms with Gasteiger partial charge in [0.25, 0.3) is 0 Å². The number of benzene rings is 2. The molecule has 0 heterocycles. The first-order chi connectivity index (χ1) is 10.0. The van der Waals surface area contributed by atoms with E-state index < -0.39 is 11.6 Å². The van der Waals surface area contributed by atoms with E-state index in [4.69, 9.17) is 5.73 Å². The Morgan fingerprint density at radius 3 is 2.67 bits per heavy atom. The van der Waals surface area contributed by atoms with Gasteiger partial charge in [-0.2, -0.15) is 0 Å². The van der Waals surface area contributed by atoms with Crippen LogP contribution in [-0.4, -0.2) is 11.7 Å². The SMILES string of the molecule is Nc1cc(F)cc(SCCC(=O)Nc2ccccc2F)c1. The number of rotatable bonds is 5. The molecule has 0 saturated heterocycles. The maximum Gasteiger partial charge on any atom is 0.225 e. The van der Waals surface area contributed by atoms with Crippen molar-refractivity contribution in [1.82, 2.24) is 0 Å². The normalized spacial score (nSPS) is 10.4. The Bertz CT molecular complexity index is 629. The number of halogens is 2. The average Bonchev–Trinajstić information content (AvgIpc) is 2.40. The van der Waals surface area contributed by atoms with E-state index in [1.807, 2.05) is 0 Å². The van der Waals surface area contributed by atoms with Gasteiger partial charge in [-0.3, -0.25) is 4.79 Å². The third-order valence-corrected chi connectivity index (χ3v) is 3.62. The predicted octanol–water partition coefficient (Wildman–Crippen LogP) is 3.67. The molecule has 1 amide bonds. The van der Waals surface area contributed by atoms with Crippen LogP contribution in [0.4, 0.5) is 20.2 Å². The van der Waals surface area contributed by atoms with Crippen molar-refractivity contribution in [1.29, 1.82) is 0 Å². The lowest BCUT2D eigenvalue weighted by molar-refractivity contribution is -0.115. The van der Waals surface area contributed by atoms with E-state index >= 15 is 0 Å². The molecule has 3 N–H and O–H groups in total. The van der Waals surface area contributed by atoms with Gasteiger partial charge in [0.2, 0.25) is 5.91 Å². The molecule has 21 heavy (non-hydrogen) atoms. The van der Waals surface area contributed by atoms with Crippen molar-refractivity contribution >= 4 is 29.0 Å². The number of thioether (sulfide) groups is 1. The van der Waals surface area contributed by atoms with Gasteiger partial charge < -0.3 is 11.1 Å². The lowest BCUT2D eigenvalue weighted by atomic mass is 10.3. The number of nitrogens with two attached hydrogens (primary N) is 1. The third-order valence-electron chi connectivity index (χ3n) is 2.64. The molecular weight excluding hydrogens is 294 g/mol. The van der Waals surface area contributed by atoms with Gasteiger partial charge in [-0.25, -0.2) is 8.78 Å². The predicted molar refractivity (Wildman–Crippen MR) is 81.2 cm³/mol. The van der Waals surface area contributed by atoms with E-state index in [0.717, 1.165) is 0 Å². The van der Waals surface area contributed by atoms with Gasteiger partial charge >= 0.3 is 0 Å². The molecule has 3 nitrogen and oxygen atoms in total. The standard InChI is InChI=1S/C15H14F2N2OS/c16-10-7-11(18)9-12(8-10)21-6-5-15(20)19-14-4-2-1-3-13(14)17/h1-4,7-9H,5-6,18H2,(H,19,20). The molecule has 2 rings (SSSR count). The van der Waals surface area contributed by atoms with E-state index in [1.54, 1.807) is 18.2 Å². The van der Waals surface area contributed by atoms with E-state index in [2.05, 4.69) is 5.32 Å². The van der Waals surface area contributed by atoms with Gasteiger partial charge in [0.05, 0.1) is 5.69 Å². The van der Waals surface area contributed by atoms with E-state index in [9.17, 15) is 13.6 Å². The molecule has 0 radical (unpaired) electrons. The Kier molecular flexibility index (Phi) is 5.16. The fraction of sp³-hybridized carbons (Fsp3) is 0.133. The summed E-state index contributed by atoms with van der Waals surface area (Å²) in [7, 11) is 0. The van der Waals surface area contributed by atoms with Crippen molar-refractivity contribution in [3.05, 3.63) is 54.1 Å². The minimum Gasteiger partial charge on any atom is -0.399 e. The van der Waals surface area contributed by atoms with Gasteiger partial charge in [0, 0.05) is 22.8 Å². The maximum atomic E-state index is 13.4. The molecule has 0 spiro atoms. The number of para-hydroxylation sites is 1. The van der Waals surface area contributed by atoms with Crippen molar-refractivity contribution in [3.8, 4) is 0 Å². The smallest absolute Gasteiger partial charge is 0.225 e. The van der Waals surface area contributed by atoms with Crippen LogP contribution in [0, 0.1) is 11.6 Å². The second kappa shape index (κ2) is 7.08. The zero-order chi connectivity index (χ0) is 15.2. The van der Waals surface area contributed by atoms with Crippen LogP contribution in [-0.2, 0) is 4.79 Å². The zero-order valence-corrected chi connectivity index (χ0v) is 11.9. The second-order valence-electron chi connectivity index (χ2n) is 4.35. The van der Waals surface area contributed by atoms with Crippen molar-refractivity contribution in [3.63, 3.8) is 0 Å². The van der Waals surface area contributed by atoms with Crippen molar-refractivity contribution < 1.29 is 13.6 Å². The van der Waals surface area contributed by atoms with Gasteiger partial charge in [0.15, 0.2) is 0 Å². The summed E-state index contributed by atoms with van der Waals surface area (Å²) < 4.78 is 26.5. The Labute approximate surface area is 125 Å². The number of carbonyl (C=O) groups is 1. The van der Waals surface area contributed by atoms with Crippen molar-refractivity contribution in [2.45, 2.75) is 11.3 Å². The summed E-state index contributed by atoms with van der Waals surface area (Å²) in [5, 5.41) is 2.49. The monoisotopic (exact) mass is 308 g/mol. The fourth-order valence-electron chi connectivity index (χ4n) is 1.70. The molecule has 0 atom stereocenters. The van der Waals surface area contributed by atoms with Gasteiger partial charge in [-0.05, 0) is 30.3 Å². The Hall–Kier alpha value is -2.08. The fourth-order valence-corrected chi connectivity index (χ4v) is 2.64. The number of carbonyl (C=O) groups excluding carboxylic acids is 1. The molecule has 0 unspecified atom stereocenters. The lowest BCUT2D eigenvalue weighted by Crippen LogP contribution is -2.13. The molecule has 110 valence electrons. The average molecular weight is 308 g/mol. The largest absolute Gasteiger partial charge is 0.399 e. The highest BCUT2D eigenvalue weighted by molar-refractivity contribution is 7.99. The van der Waals surface area contributed by atoms with Crippen LogP contribution in [0.1, 0.15) is 6.42 Å². The molecule has 2 aromatic rings. The molecular formula is C15H14F2N2OS. The molecule has 6 heteroatoms. The van der Waals surface area contributed by atoms with E-state index in [-0.39, 0.29) is 18.0 Å². The van der Waals surface area contributed by atoms with Crippen LogP contribution < -0.4 is 11.1 Å². The molecule has 0 aliphatic rings. The number of hydrogen-bond acceptors (Lipinski definition) is 3. The van der Waals surface area contributed by atoms with Crippen LogP contribution in [0.25, 0.3) is 0 Å². The zero-order valence-electron chi connectivity index (χ0n) is 11.1. The molecule has 0 saturated carbocycles. The van der Waals surface area contributed by atoms with E-state index in [1.165, 1.54) is 36.0 Å². The summed E-state index contributed by atoms with van der Waals surface area (Å²) >= 11 is 1.32. The van der Waals surface area contributed by atoms with Crippen LogP contribution >= 0.6 is 11.8 Å². The van der Waals surface area contributed by atoms with Crippen LogP contribution in [0.2, 0.25) is 0 Å². The highest BCUT2D eigenvalue weighted by Crippen LogP contribution is 2.23. The molecule has 0 aliphatic heterocycles. The lowest BCUT2D eigenvalue weighted by Gasteiger charge is -2.06. The van der Waals surface area contributed by atoms with Gasteiger partial charge in [0.1, 0.15) is 11.6 Å². The van der Waals surface area contributed by atoms with Gasteiger partial charge in [-0.1, -0.05) is 12.1 Å². The molecule has 0 aromatic heterocycles. The number of nitrogen functional groups attached to an aromatic ring is 1. The number of hydrogen-bond donors (Lipinski definition) is 2. The quantitative estimate of drug-likeness (QED) is 0.654. The highest BCUT2D eigenvalue weighted by Gasteiger charge is 2.07. The topological polar surface area (TPSA) is 55.1 Å². The first kappa shape index (κ1) is 15.3. The summed E-state index contributed by atoms with van der Waals surface area (Å²) in [4.78, 5) is 12.4. The molecule has 0 bridgehead atoms. The summed E-state index contributed by atoms with van der Waals surface area (Å²) in [6.45, 7) is 0. The van der Waals surface area contributed by atoms with Crippen molar-refractivity contribution in [2.24, 2.45) is 0 Å². The first-order valence-corrected chi connectivity index (χ1v) is 7.26. The van der Waals surface area contributed by atoms with Crippen molar-refractivity contribution in [2.75, 3.05) is 16.8 Å². The Balaban J connectivity index is 1.83. The van der Waals surface area contributed by atoms with Gasteiger partial charge in [-0.15, -0.1) is 11.8 Å². The molecule has 0 aliphatic carbocycles.